The first-order valence-electron chi connectivity index (χ1n) is 17.1. The predicted octanol–water partition coefficient (Wildman–Crippen LogP) is 6.59. The van der Waals surface area contributed by atoms with Crippen LogP contribution < -0.4 is 20.1 Å². The Labute approximate surface area is 316 Å². The number of hydrogen-bond acceptors (Lipinski definition) is 10. The van der Waals surface area contributed by atoms with E-state index in [1.165, 1.54) is 50.9 Å². The molecule has 0 aliphatic carbocycles. The zero-order chi connectivity index (χ0) is 37.5. The minimum atomic E-state index is -0.963. The highest BCUT2D eigenvalue weighted by molar-refractivity contribution is 6.35. The number of halogens is 3. The molecule has 1 aromatic heterocycles. The minimum absolute atomic E-state index is 0.111. The van der Waals surface area contributed by atoms with Crippen LogP contribution >= 0.6 is 23.2 Å². The van der Waals surface area contributed by atoms with E-state index in [-0.39, 0.29) is 18.1 Å². The number of amides is 1. The molecular weight excluding hydrogens is 726 g/mol. The molecule has 0 spiro atoms. The topological polar surface area (TPSA) is 128 Å². The van der Waals surface area contributed by atoms with Gasteiger partial charge in [0.15, 0.2) is 17.5 Å². The fourth-order valence-corrected chi connectivity index (χ4v) is 7.18. The summed E-state index contributed by atoms with van der Waals surface area (Å²) in [7, 11) is 3.00. The van der Waals surface area contributed by atoms with Crippen LogP contribution in [0, 0.1) is 11.7 Å². The number of anilines is 1. The quantitative estimate of drug-likeness (QED) is 0.136. The third-order valence-electron chi connectivity index (χ3n) is 9.53. The van der Waals surface area contributed by atoms with E-state index in [1.807, 2.05) is 0 Å². The first kappa shape index (κ1) is 37.8. The number of methoxy groups -OCH3 is 2. The van der Waals surface area contributed by atoms with E-state index < -0.39 is 42.4 Å². The van der Waals surface area contributed by atoms with Gasteiger partial charge in [-0.25, -0.2) is 9.18 Å². The van der Waals surface area contributed by atoms with Gasteiger partial charge in [-0.15, -0.1) is 0 Å². The van der Waals surface area contributed by atoms with Gasteiger partial charge in [0.25, 0.3) is 5.91 Å². The summed E-state index contributed by atoms with van der Waals surface area (Å²) >= 11 is 12.8. The average molecular weight is 766 g/mol. The van der Waals surface area contributed by atoms with Gasteiger partial charge in [-0.1, -0.05) is 47.5 Å². The Kier molecular flexibility index (Phi) is 12.3. The average Bonchev–Trinajstić information content (AvgIpc) is 3.17. The number of rotatable bonds is 14. The Bertz CT molecular complexity index is 1920. The maximum absolute atomic E-state index is 13.8. The summed E-state index contributed by atoms with van der Waals surface area (Å²) in [5, 5.41) is 6.38. The molecular formula is C39H39Cl2FN4O7. The molecule has 3 aliphatic heterocycles. The van der Waals surface area contributed by atoms with Gasteiger partial charge >= 0.3 is 11.9 Å². The molecule has 4 aromatic rings. The van der Waals surface area contributed by atoms with Gasteiger partial charge < -0.3 is 29.6 Å². The molecule has 2 bridgehead atoms. The number of nitrogens with zero attached hydrogens (tertiary/aromatic N) is 2. The van der Waals surface area contributed by atoms with Gasteiger partial charge in [0.1, 0.15) is 24.6 Å². The Morgan fingerprint density at radius 2 is 1.62 bits per heavy atom. The third-order valence-corrected chi connectivity index (χ3v) is 10.2. The van der Waals surface area contributed by atoms with E-state index in [4.69, 9.17) is 42.1 Å². The molecule has 0 radical (unpaired) electrons. The van der Waals surface area contributed by atoms with Crippen molar-refractivity contribution in [2.45, 2.75) is 37.5 Å². The van der Waals surface area contributed by atoms with Crippen molar-refractivity contribution in [2.24, 2.45) is 5.92 Å². The molecule has 7 rings (SSSR count). The number of piperidine rings is 3. The molecule has 278 valence electrons. The maximum Gasteiger partial charge on any atom is 0.333 e. The van der Waals surface area contributed by atoms with Crippen LogP contribution in [-0.2, 0) is 25.5 Å². The summed E-state index contributed by atoms with van der Waals surface area (Å²) in [6.45, 7) is 2.23. The molecule has 53 heavy (non-hydrogen) atoms. The Morgan fingerprint density at radius 1 is 0.925 bits per heavy atom. The van der Waals surface area contributed by atoms with Crippen LogP contribution in [0.4, 0.5) is 10.1 Å². The number of pyridine rings is 1. The van der Waals surface area contributed by atoms with Crippen LogP contribution in [0.5, 0.6) is 11.5 Å². The number of fused-ring (bicyclic) bond motifs is 3. The molecule has 3 aromatic carbocycles. The van der Waals surface area contributed by atoms with Gasteiger partial charge in [0.05, 0.1) is 24.3 Å². The van der Waals surface area contributed by atoms with Crippen molar-refractivity contribution in [2.75, 3.05) is 45.7 Å². The van der Waals surface area contributed by atoms with E-state index in [9.17, 15) is 18.8 Å². The third kappa shape index (κ3) is 9.37. The van der Waals surface area contributed by atoms with Crippen LogP contribution in [0.3, 0.4) is 0 Å². The first-order chi connectivity index (χ1) is 25.6. The van der Waals surface area contributed by atoms with Crippen LogP contribution in [0.1, 0.15) is 52.0 Å². The van der Waals surface area contributed by atoms with E-state index in [2.05, 4.69) is 20.5 Å². The fraction of sp³-hybridized carbons (Fsp3) is 0.333. The van der Waals surface area contributed by atoms with Crippen molar-refractivity contribution in [3.8, 4) is 11.5 Å². The summed E-state index contributed by atoms with van der Waals surface area (Å²) in [5.74, 6) is -0.991. The monoisotopic (exact) mass is 764 g/mol. The maximum atomic E-state index is 13.8. The number of ether oxygens (including phenoxy) is 4. The second-order valence-corrected chi connectivity index (χ2v) is 13.7. The molecule has 14 heteroatoms. The lowest BCUT2D eigenvalue weighted by molar-refractivity contribution is -0.160. The smallest absolute Gasteiger partial charge is 0.333 e. The Morgan fingerprint density at radius 3 is 2.28 bits per heavy atom. The van der Waals surface area contributed by atoms with Crippen molar-refractivity contribution in [1.29, 1.82) is 0 Å². The second-order valence-electron chi connectivity index (χ2n) is 12.9. The summed E-state index contributed by atoms with van der Waals surface area (Å²) in [6.07, 6.45) is 3.86. The van der Waals surface area contributed by atoms with Crippen molar-refractivity contribution >= 4 is 46.7 Å². The molecule has 2 unspecified atom stereocenters. The lowest BCUT2D eigenvalue weighted by atomic mass is 9.86. The zero-order valence-electron chi connectivity index (χ0n) is 29.2. The van der Waals surface area contributed by atoms with Gasteiger partial charge in [0.2, 0.25) is 0 Å². The predicted molar refractivity (Wildman–Crippen MR) is 197 cm³/mol. The Hall–Kier alpha value is -4.91. The number of nitrogens with one attached hydrogen (secondary N) is 2. The number of benzene rings is 3. The molecule has 2 N–H and O–H groups in total. The summed E-state index contributed by atoms with van der Waals surface area (Å²) in [5.41, 5.74) is 2.27. The summed E-state index contributed by atoms with van der Waals surface area (Å²) < 4.78 is 36.5. The highest BCUT2D eigenvalue weighted by Crippen LogP contribution is 2.36. The Balaban J connectivity index is 1.13. The van der Waals surface area contributed by atoms with E-state index >= 15 is 0 Å². The number of aromatic nitrogens is 1. The molecule has 3 fully saturated rings. The number of carbonyl (C=O) groups is 3. The second kappa shape index (κ2) is 17.3. The standard InChI is InChI=1S/C39H39Cl2FN4O7/c1-50-32-11-8-25(17-34(32)51-2)33(18-29-30(40)19-43-20-31(29)41)52-36(47)21-44-38(48)26-4-3-5-28(16-26)45-37(24-6-9-27(42)10-7-24)39(49)53-35-22-46-14-12-23(35)13-15-46/h3-11,16-17,19-20,23,33,35,37,45H,12-15,18,21-22H2,1-2H3,(H,44,48)/t33?,35-,37?/m0/s1. The van der Waals surface area contributed by atoms with Crippen LogP contribution in [0.15, 0.2) is 79.1 Å². The van der Waals surface area contributed by atoms with E-state index in [0.29, 0.717) is 56.4 Å². The summed E-state index contributed by atoms with van der Waals surface area (Å²) in [6, 6.07) is 16.2. The van der Waals surface area contributed by atoms with Gasteiger partial charge in [-0.3, -0.25) is 19.5 Å². The molecule has 0 saturated carbocycles. The van der Waals surface area contributed by atoms with Crippen molar-refractivity contribution in [3.63, 3.8) is 0 Å². The van der Waals surface area contributed by atoms with Crippen molar-refractivity contribution in [3.05, 3.63) is 117 Å². The molecule has 3 atom stereocenters. The minimum Gasteiger partial charge on any atom is -0.493 e. The normalized spacial score (nSPS) is 18.7. The molecule has 11 nitrogen and oxygen atoms in total. The van der Waals surface area contributed by atoms with Gasteiger partial charge in [0, 0.05) is 36.6 Å². The number of carbonyl (C=O) groups excluding carboxylic acids is 3. The van der Waals surface area contributed by atoms with Crippen LogP contribution in [-0.4, -0.2) is 74.2 Å². The highest BCUT2D eigenvalue weighted by atomic mass is 35.5. The van der Waals surface area contributed by atoms with Gasteiger partial charge in [-0.2, -0.15) is 0 Å². The largest absolute Gasteiger partial charge is 0.493 e. The van der Waals surface area contributed by atoms with Gasteiger partial charge in [-0.05, 0) is 91.0 Å². The molecule has 4 heterocycles. The number of hydrogen-bond donors (Lipinski definition) is 2. The highest BCUT2D eigenvalue weighted by Gasteiger charge is 2.38. The number of esters is 2. The lowest BCUT2D eigenvalue weighted by Gasteiger charge is -2.44. The first-order valence-corrected chi connectivity index (χ1v) is 17.9. The van der Waals surface area contributed by atoms with E-state index in [1.54, 1.807) is 42.5 Å². The molecule has 1 amide bonds. The fourth-order valence-electron chi connectivity index (χ4n) is 6.67. The lowest BCUT2D eigenvalue weighted by Crippen LogP contribution is -2.52. The zero-order valence-corrected chi connectivity index (χ0v) is 30.7. The van der Waals surface area contributed by atoms with E-state index in [0.717, 1.165) is 25.9 Å². The SMILES string of the molecule is COc1ccc(C(Cc2c(Cl)cncc2Cl)OC(=O)CNC(=O)c2cccc(NC(C(=O)O[C@H]3CN4CCC3CC4)c3ccc(F)cc3)c2)cc1OC. The van der Waals surface area contributed by atoms with Crippen LogP contribution in [0.25, 0.3) is 0 Å². The van der Waals surface area contributed by atoms with Crippen LogP contribution in [0.2, 0.25) is 10.0 Å². The molecule has 3 aliphatic rings. The van der Waals surface area contributed by atoms with Crippen molar-refractivity contribution in [1.82, 2.24) is 15.2 Å². The molecule has 3 saturated heterocycles. The van der Waals surface area contributed by atoms with Crippen molar-refractivity contribution < 1.29 is 37.7 Å². The summed E-state index contributed by atoms with van der Waals surface area (Å²) in [4.78, 5) is 46.4.